The molecule has 0 aromatic carbocycles. The third-order valence-corrected chi connectivity index (χ3v) is 13.4. The Morgan fingerprint density at radius 1 is 0.451 bits per heavy atom. The van der Waals surface area contributed by atoms with Crippen LogP contribution in [0.5, 0.6) is 0 Å². The Morgan fingerprint density at radius 2 is 0.817 bits per heavy atom. The summed E-state index contributed by atoms with van der Waals surface area (Å²) in [5, 5.41) is 0. The van der Waals surface area contributed by atoms with Crippen LogP contribution in [-0.4, -0.2) is 70.7 Å². The van der Waals surface area contributed by atoms with Gasteiger partial charge in [0.2, 0.25) is 0 Å². The first-order chi connectivity index (χ1) is 34.6. The van der Waals surface area contributed by atoms with Crippen LogP contribution < -0.4 is 4.89 Å². The minimum atomic E-state index is -4.54. The van der Waals surface area contributed by atoms with Gasteiger partial charge in [-0.25, -0.2) is 0 Å². The fraction of sp³-hybridized carbons (Fsp3) is 0.758. The van der Waals surface area contributed by atoms with Gasteiger partial charge in [0.25, 0.3) is 7.82 Å². The summed E-state index contributed by atoms with van der Waals surface area (Å²) in [7, 11) is 1.35. The second kappa shape index (κ2) is 54.0. The molecule has 0 amide bonds. The number of carbonyl (C=O) groups excluding carboxylic acids is 1. The van der Waals surface area contributed by atoms with Crippen LogP contribution in [0.15, 0.2) is 85.1 Å². The first-order valence-electron chi connectivity index (χ1n) is 29.3. The van der Waals surface area contributed by atoms with Gasteiger partial charge in [-0.1, -0.05) is 234 Å². The highest BCUT2D eigenvalue weighted by Gasteiger charge is 2.20. The number of quaternary nitrogens is 1. The van der Waals surface area contributed by atoms with Gasteiger partial charge in [0.05, 0.1) is 34.4 Å². The predicted octanol–water partition coefficient (Wildman–Crippen LogP) is 18.1. The van der Waals surface area contributed by atoms with Crippen molar-refractivity contribution in [2.24, 2.45) is 0 Å². The third-order valence-electron chi connectivity index (χ3n) is 12.4. The van der Waals surface area contributed by atoms with E-state index < -0.39 is 13.9 Å². The number of rotatable bonds is 54. The summed E-state index contributed by atoms with van der Waals surface area (Å²) in [6, 6.07) is 0. The van der Waals surface area contributed by atoms with Crippen LogP contribution in [0.1, 0.15) is 245 Å². The number of likely N-dealkylation sites (N-methyl/N-ethyl adjacent to an activating group) is 1. The van der Waals surface area contributed by atoms with Crippen molar-refractivity contribution in [1.82, 2.24) is 0 Å². The number of esters is 1. The van der Waals surface area contributed by atoms with Gasteiger partial charge in [-0.05, 0) is 89.9 Å². The highest BCUT2D eigenvalue weighted by atomic mass is 31.2. The quantitative estimate of drug-likeness (QED) is 0.0197. The average Bonchev–Trinajstić information content (AvgIpc) is 3.33. The van der Waals surface area contributed by atoms with E-state index in [0.717, 1.165) is 77.0 Å². The van der Waals surface area contributed by atoms with Crippen molar-refractivity contribution in [3.63, 3.8) is 0 Å². The van der Waals surface area contributed by atoms with Crippen LogP contribution in [0.25, 0.3) is 0 Å². The third kappa shape index (κ3) is 58.4. The maximum absolute atomic E-state index is 12.8. The van der Waals surface area contributed by atoms with E-state index in [2.05, 4.69) is 98.9 Å². The summed E-state index contributed by atoms with van der Waals surface area (Å²) in [5.74, 6) is -0.338. The molecule has 0 fully saturated rings. The summed E-state index contributed by atoms with van der Waals surface area (Å²) < 4.78 is 34.9. The number of phosphoric acid groups is 1. The molecular formula is C62H112NO7P. The lowest BCUT2D eigenvalue weighted by Crippen LogP contribution is -2.37. The Kier molecular flexibility index (Phi) is 52.2. The highest BCUT2D eigenvalue weighted by Crippen LogP contribution is 2.38. The van der Waals surface area contributed by atoms with Gasteiger partial charge in [-0.15, -0.1) is 0 Å². The van der Waals surface area contributed by atoms with Crippen LogP contribution in [0.2, 0.25) is 0 Å². The Bertz CT molecular complexity index is 1410. The minimum absolute atomic E-state index is 0.0207. The van der Waals surface area contributed by atoms with E-state index in [1.165, 1.54) is 148 Å². The van der Waals surface area contributed by atoms with Gasteiger partial charge in [-0.3, -0.25) is 9.36 Å². The molecule has 412 valence electrons. The van der Waals surface area contributed by atoms with Gasteiger partial charge in [0.1, 0.15) is 19.3 Å². The van der Waals surface area contributed by atoms with E-state index in [1.54, 1.807) is 0 Å². The van der Waals surface area contributed by atoms with Crippen molar-refractivity contribution < 1.29 is 37.3 Å². The van der Waals surface area contributed by atoms with E-state index in [1.807, 2.05) is 21.1 Å². The lowest BCUT2D eigenvalue weighted by atomic mass is 10.0. The molecule has 0 bridgehead atoms. The largest absolute Gasteiger partial charge is 0.756 e. The maximum atomic E-state index is 12.8. The monoisotopic (exact) mass is 1010 g/mol. The zero-order chi connectivity index (χ0) is 51.9. The fourth-order valence-electron chi connectivity index (χ4n) is 7.96. The van der Waals surface area contributed by atoms with Gasteiger partial charge < -0.3 is 27.9 Å². The molecule has 0 rings (SSSR count). The SMILES string of the molecule is CC/C=C\C/C=C\C/C=C\C/C=C\C/C=C\CCCCCCCCCCOCC(COP(=O)([O-])OCC[N+](C)(C)C)OC(=O)CCCCCCCCCCCCCCC/C=C\C/C=C\CCCCCCC. The molecule has 0 aliphatic heterocycles. The zero-order valence-corrected chi connectivity index (χ0v) is 47.8. The number of hydrogen-bond acceptors (Lipinski definition) is 7. The number of allylic oxidation sites excluding steroid dienone is 14. The normalized spacial score (nSPS) is 14.1. The molecule has 0 radical (unpaired) electrons. The average molecular weight is 1010 g/mol. The molecule has 0 N–H and O–H groups in total. The second-order valence-electron chi connectivity index (χ2n) is 20.6. The topological polar surface area (TPSA) is 94.1 Å². The molecule has 0 heterocycles. The van der Waals surface area contributed by atoms with Crippen LogP contribution in [-0.2, 0) is 27.9 Å². The van der Waals surface area contributed by atoms with Crippen molar-refractivity contribution in [3.8, 4) is 0 Å². The molecule has 0 spiro atoms. The molecule has 0 aromatic heterocycles. The molecule has 2 unspecified atom stereocenters. The first-order valence-corrected chi connectivity index (χ1v) is 30.8. The van der Waals surface area contributed by atoms with Gasteiger partial charge in [0.15, 0.2) is 0 Å². The Labute approximate surface area is 439 Å². The molecule has 0 aliphatic carbocycles. The lowest BCUT2D eigenvalue weighted by Gasteiger charge is -2.28. The summed E-state index contributed by atoms with van der Waals surface area (Å²) in [6.07, 6.45) is 73.4. The van der Waals surface area contributed by atoms with Crippen LogP contribution >= 0.6 is 7.82 Å². The number of hydrogen-bond donors (Lipinski definition) is 0. The van der Waals surface area contributed by atoms with Crippen molar-refractivity contribution in [3.05, 3.63) is 85.1 Å². The molecule has 0 aliphatic rings. The van der Waals surface area contributed by atoms with Crippen LogP contribution in [0.4, 0.5) is 0 Å². The molecule has 2 atom stereocenters. The zero-order valence-electron chi connectivity index (χ0n) is 46.9. The Hall–Kier alpha value is -2.32. The summed E-state index contributed by atoms with van der Waals surface area (Å²) >= 11 is 0. The molecule has 0 aromatic rings. The minimum Gasteiger partial charge on any atom is -0.756 e. The first kappa shape index (κ1) is 68.7. The number of phosphoric ester groups is 1. The smallest absolute Gasteiger partial charge is 0.306 e. The highest BCUT2D eigenvalue weighted by molar-refractivity contribution is 7.45. The molecule has 8 nitrogen and oxygen atoms in total. The molecule has 0 saturated carbocycles. The van der Waals surface area contributed by atoms with Gasteiger partial charge in [0, 0.05) is 13.0 Å². The standard InChI is InChI=1S/C62H112NO7P/c1-6-8-10-12-14-16-18-20-22-24-26-28-30-32-33-35-37-39-41-43-45-47-49-51-53-55-62(64)70-61(60-69-71(65,66)68-58-56-63(3,4)5)59-67-57-54-52-50-48-46-44-42-40-38-36-34-31-29-27-25-23-21-19-17-15-13-11-9-7-2/h9,11,15,17-18,20-21,23-24,26-27,29,34,36,61H,6-8,10,12-14,16,19,22,25,28,30-33,35,37-60H2,1-5H3/b11-9-,17-15-,20-18-,23-21-,26-24-,29-27-,36-34-. The van der Waals surface area contributed by atoms with Crippen LogP contribution in [0.3, 0.4) is 0 Å². The lowest BCUT2D eigenvalue weighted by molar-refractivity contribution is -0.870. The summed E-state index contributed by atoms with van der Waals surface area (Å²) in [6.45, 7) is 5.28. The van der Waals surface area contributed by atoms with Crippen molar-refractivity contribution in [1.29, 1.82) is 0 Å². The fourth-order valence-corrected chi connectivity index (χ4v) is 8.69. The van der Waals surface area contributed by atoms with Crippen molar-refractivity contribution in [2.45, 2.75) is 251 Å². The van der Waals surface area contributed by atoms with E-state index >= 15 is 0 Å². The summed E-state index contributed by atoms with van der Waals surface area (Å²) in [4.78, 5) is 25.3. The van der Waals surface area contributed by atoms with Crippen molar-refractivity contribution in [2.75, 3.05) is 54.1 Å². The molecule has 71 heavy (non-hydrogen) atoms. The Morgan fingerprint density at radius 3 is 1.23 bits per heavy atom. The molecule has 9 heteroatoms. The second-order valence-corrected chi connectivity index (χ2v) is 22.0. The van der Waals surface area contributed by atoms with E-state index in [9.17, 15) is 14.3 Å². The predicted molar refractivity (Wildman–Crippen MR) is 305 cm³/mol. The van der Waals surface area contributed by atoms with E-state index in [0.29, 0.717) is 24.1 Å². The number of ether oxygens (including phenoxy) is 2. The number of nitrogens with zero attached hydrogens (tertiary/aromatic N) is 1. The molecule has 0 saturated heterocycles. The van der Waals surface area contributed by atoms with E-state index in [4.69, 9.17) is 18.5 Å². The molecular weight excluding hydrogens is 902 g/mol. The van der Waals surface area contributed by atoms with Gasteiger partial charge in [-0.2, -0.15) is 0 Å². The Balaban J connectivity index is 4.10. The van der Waals surface area contributed by atoms with Gasteiger partial charge >= 0.3 is 5.97 Å². The van der Waals surface area contributed by atoms with Crippen LogP contribution in [0, 0.1) is 0 Å². The number of unbranched alkanes of at least 4 members (excludes halogenated alkanes) is 26. The van der Waals surface area contributed by atoms with Crippen molar-refractivity contribution >= 4 is 13.8 Å². The maximum Gasteiger partial charge on any atom is 0.306 e. The van der Waals surface area contributed by atoms with E-state index in [-0.39, 0.29) is 25.8 Å². The number of carbonyl (C=O) groups is 1. The summed E-state index contributed by atoms with van der Waals surface area (Å²) in [5.41, 5.74) is 0.